The summed E-state index contributed by atoms with van der Waals surface area (Å²) < 4.78 is 9.97. The normalized spacial score (nSPS) is 23.8. The van der Waals surface area contributed by atoms with Crippen LogP contribution in [0.5, 0.6) is 5.75 Å². The Balaban J connectivity index is 2.31. The number of hydrogen-bond donors (Lipinski definition) is 3. The van der Waals surface area contributed by atoms with E-state index in [4.69, 9.17) is 9.47 Å². The molecule has 0 saturated carbocycles. The van der Waals surface area contributed by atoms with Crippen LogP contribution in [0.1, 0.15) is 20.7 Å². The number of fused-ring (bicyclic) bond motifs is 2. The molecule has 0 fully saturated rings. The summed E-state index contributed by atoms with van der Waals surface area (Å²) in [5.41, 5.74) is -3.16. The number of carbonyl (C=O) groups excluding carboxylic acids is 2. The molecule has 3 N–H and O–H groups in total. The van der Waals surface area contributed by atoms with Crippen LogP contribution in [-0.4, -0.2) is 66.7 Å². The van der Waals surface area contributed by atoms with Crippen LogP contribution in [0.25, 0.3) is 10.8 Å². The lowest BCUT2D eigenvalue weighted by Crippen LogP contribution is -2.68. The third-order valence-electron chi connectivity index (χ3n) is 4.93. The monoisotopic (exact) mass is 428 g/mol. The molecule has 0 aliphatic heterocycles. The van der Waals surface area contributed by atoms with Crippen molar-refractivity contribution in [1.82, 2.24) is 0 Å². The molecule has 0 saturated heterocycles. The second-order valence-electron chi connectivity index (χ2n) is 8.35. The molecule has 2 atom stereocenters. The van der Waals surface area contributed by atoms with Gasteiger partial charge in [-0.15, -0.1) is 5.54 Å². The Hall–Kier alpha value is -2.54. The fraction of sp³-hybridized carbons (Fsp3) is 0.364. The van der Waals surface area contributed by atoms with Gasteiger partial charge in [-0.1, -0.05) is 49.8 Å². The number of aromatic hydroxyl groups is 1. The summed E-state index contributed by atoms with van der Waals surface area (Å²) in [6.07, 6.45) is 0. The molecule has 30 heavy (non-hydrogen) atoms. The molecule has 0 radical (unpaired) electrons. The predicted molar refractivity (Wildman–Crippen MR) is 113 cm³/mol. The molecule has 0 heterocycles. The Morgan fingerprint density at radius 3 is 2.40 bits per heavy atom. The summed E-state index contributed by atoms with van der Waals surface area (Å²) in [5.74, 6) is 0.0277. The van der Waals surface area contributed by atoms with E-state index in [-0.39, 0.29) is 17.9 Å². The number of aliphatic hydroxyl groups is 2. The summed E-state index contributed by atoms with van der Waals surface area (Å²) in [6, 6.07) is 8.07. The minimum Gasteiger partial charge on any atom is -0.507 e. The minimum atomic E-state index is -2.79. The quantitative estimate of drug-likeness (QED) is 0.295. The van der Waals surface area contributed by atoms with Crippen LogP contribution in [-0.2, 0) is 9.47 Å². The maximum Gasteiger partial charge on any atom is 0.227 e. The van der Waals surface area contributed by atoms with Gasteiger partial charge in [-0.2, -0.15) is 0 Å². The van der Waals surface area contributed by atoms with E-state index in [1.165, 1.54) is 13.2 Å². The topological polar surface area (TPSA) is 113 Å². The van der Waals surface area contributed by atoms with Gasteiger partial charge in [-0.05, 0) is 11.5 Å². The molecule has 1 aliphatic rings. The Morgan fingerprint density at radius 2 is 1.77 bits per heavy atom. The number of ketones is 2. The summed E-state index contributed by atoms with van der Waals surface area (Å²) >= 11 is 0. The minimum absolute atomic E-state index is 0.195. The van der Waals surface area contributed by atoms with Crippen LogP contribution in [0.15, 0.2) is 30.3 Å². The molecule has 158 valence electrons. The number of phenols is 1. The summed E-state index contributed by atoms with van der Waals surface area (Å²) in [5, 5.41) is 34.3. The van der Waals surface area contributed by atoms with Gasteiger partial charge in [0.05, 0.1) is 12.2 Å². The summed E-state index contributed by atoms with van der Waals surface area (Å²) in [7, 11) is -0.757. The predicted octanol–water partition coefficient (Wildman–Crippen LogP) is 1.89. The molecule has 1 aliphatic carbocycles. The van der Waals surface area contributed by atoms with Crippen molar-refractivity contribution in [3.05, 3.63) is 41.5 Å². The standard InChI is InChI=1S/C22H24O7Si/c1-28-13-29-12-22(27)19(24)16-11-14-7-5-6-8-15(14)18(23)17(16)20(25)21(22,26)9-10-30(2,3)4/h5-8,11,23,26-27H,12-13H2,1-4H3/t21-,22+/m0/s1. The van der Waals surface area contributed by atoms with Gasteiger partial charge in [0.25, 0.3) is 0 Å². The van der Waals surface area contributed by atoms with Crippen molar-refractivity contribution in [3.63, 3.8) is 0 Å². The van der Waals surface area contributed by atoms with Crippen LogP contribution in [0.2, 0.25) is 19.6 Å². The average molecular weight is 429 g/mol. The Labute approximate surface area is 175 Å². The Morgan fingerprint density at radius 1 is 1.10 bits per heavy atom. The molecule has 0 spiro atoms. The van der Waals surface area contributed by atoms with E-state index in [1.54, 1.807) is 24.3 Å². The first-order chi connectivity index (χ1) is 14.0. The second-order valence-corrected chi connectivity index (χ2v) is 13.1. The molecule has 7 nitrogen and oxygen atoms in total. The van der Waals surface area contributed by atoms with Crippen molar-refractivity contribution in [2.75, 3.05) is 20.5 Å². The van der Waals surface area contributed by atoms with Gasteiger partial charge in [0.2, 0.25) is 17.2 Å². The first-order valence-corrected chi connectivity index (χ1v) is 12.9. The van der Waals surface area contributed by atoms with E-state index in [0.29, 0.717) is 10.8 Å². The zero-order valence-corrected chi connectivity index (χ0v) is 18.3. The van der Waals surface area contributed by atoms with Gasteiger partial charge in [-0.3, -0.25) is 9.59 Å². The number of Topliss-reactive ketones (excluding diaryl/α,β-unsaturated/α-hetero) is 2. The van der Waals surface area contributed by atoms with Crippen LogP contribution >= 0.6 is 0 Å². The van der Waals surface area contributed by atoms with Gasteiger partial charge in [0.1, 0.15) is 20.6 Å². The van der Waals surface area contributed by atoms with E-state index in [9.17, 15) is 24.9 Å². The second kappa shape index (κ2) is 7.61. The summed E-state index contributed by atoms with van der Waals surface area (Å²) in [4.78, 5) is 26.8. The zero-order valence-electron chi connectivity index (χ0n) is 17.3. The fourth-order valence-electron chi connectivity index (χ4n) is 3.37. The van der Waals surface area contributed by atoms with Crippen molar-refractivity contribution in [2.24, 2.45) is 0 Å². The maximum absolute atomic E-state index is 13.4. The third kappa shape index (κ3) is 3.45. The molecule has 2 aromatic rings. The Kier molecular flexibility index (Phi) is 5.62. The van der Waals surface area contributed by atoms with Gasteiger partial charge < -0.3 is 24.8 Å². The van der Waals surface area contributed by atoms with E-state index < -0.39 is 43.2 Å². The van der Waals surface area contributed by atoms with Crippen molar-refractivity contribution in [2.45, 2.75) is 30.8 Å². The van der Waals surface area contributed by atoms with Gasteiger partial charge >= 0.3 is 0 Å². The average Bonchev–Trinajstić information content (AvgIpc) is 2.69. The van der Waals surface area contributed by atoms with Gasteiger partial charge in [0.15, 0.2) is 5.60 Å². The highest BCUT2D eigenvalue weighted by Crippen LogP contribution is 2.43. The number of hydrogen-bond acceptors (Lipinski definition) is 7. The zero-order chi connectivity index (χ0) is 22.3. The van der Waals surface area contributed by atoms with Crippen LogP contribution in [0, 0.1) is 11.5 Å². The third-order valence-corrected chi connectivity index (χ3v) is 5.80. The number of ether oxygens (including phenoxy) is 2. The highest BCUT2D eigenvalue weighted by molar-refractivity contribution is 6.83. The highest BCUT2D eigenvalue weighted by Gasteiger charge is 2.64. The van der Waals surface area contributed by atoms with Crippen LogP contribution in [0.3, 0.4) is 0 Å². The first-order valence-electron chi connectivity index (χ1n) is 9.36. The largest absolute Gasteiger partial charge is 0.507 e. The van der Waals surface area contributed by atoms with E-state index >= 15 is 0 Å². The molecule has 8 heteroatoms. The molecule has 0 bridgehead atoms. The van der Waals surface area contributed by atoms with Crippen molar-refractivity contribution < 1.29 is 34.4 Å². The van der Waals surface area contributed by atoms with E-state index in [0.717, 1.165) is 0 Å². The molecular formula is C22H24O7Si. The molecule has 0 unspecified atom stereocenters. The molecule has 2 aromatic carbocycles. The lowest BCUT2D eigenvalue weighted by atomic mass is 9.67. The molecule has 0 amide bonds. The van der Waals surface area contributed by atoms with Gasteiger partial charge in [-0.25, -0.2) is 0 Å². The lowest BCUT2D eigenvalue weighted by molar-refractivity contribution is -0.135. The lowest BCUT2D eigenvalue weighted by Gasteiger charge is -2.41. The number of benzene rings is 2. The smallest absolute Gasteiger partial charge is 0.227 e. The Bertz CT molecular complexity index is 1090. The van der Waals surface area contributed by atoms with Crippen molar-refractivity contribution in [1.29, 1.82) is 0 Å². The highest BCUT2D eigenvalue weighted by atomic mass is 28.3. The van der Waals surface area contributed by atoms with Crippen molar-refractivity contribution >= 4 is 30.4 Å². The first kappa shape index (κ1) is 22.1. The molecule has 0 aromatic heterocycles. The number of methoxy groups -OCH3 is 1. The van der Waals surface area contributed by atoms with Crippen LogP contribution in [0.4, 0.5) is 0 Å². The number of phenolic OH excluding ortho intramolecular Hbond substituents is 1. The summed E-state index contributed by atoms with van der Waals surface area (Å²) in [6.45, 7) is 4.68. The molecular weight excluding hydrogens is 404 g/mol. The van der Waals surface area contributed by atoms with Crippen molar-refractivity contribution in [3.8, 4) is 17.2 Å². The van der Waals surface area contributed by atoms with Crippen LogP contribution < -0.4 is 0 Å². The van der Waals surface area contributed by atoms with Gasteiger partial charge in [0, 0.05) is 18.1 Å². The SMILES string of the molecule is COCOC[C@@]1(O)C(=O)c2cc3ccccc3c(O)c2C(=O)[C@@]1(O)C#C[Si](C)(C)C. The van der Waals surface area contributed by atoms with E-state index in [2.05, 4.69) is 11.5 Å². The molecule has 3 rings (SSSR count). The fourth-order valence-corrected chi connectivity index (χ4v) is 3.93. The number of carbonyl (C=O) groups is 2. The maximum atomic E-state index is 13.4. The number of rotatable bonds is 4. The van der Waals surface area contributed by atoms with E-state index in [1.807, 2.05) is 19.6 Å².